The Labute approximate surface area is 106 Å². The molecule has 2 aromatic rings. The first-order chi connectivity index (χ1) is 8.28. The lowest BCUT2D eigenvalue weighted by Crippen LogP contribution is -1.99. The number of thioether (sulfide) groups is 1. The molecule has 2 nitrogen and oxygen atoms in total. The summed E-state index contributed by atoms with van der Waals surface area (Å²) < 4.78 is 0. The van der Waals surface area contributed by atoms with Gasteiger partial charge in [-0.1, -0.05) is 17.7 Å². The van der Waals surface area contributed by atoms with E-state index in [9.17, 15) is 0 Å². The molecule has 88 valence electrons. The van der Waals surface area contributed by atoms with Gasteiger partial charge in [0.15, 0.2) is 0 Å². The average Bonchev–Trinajstić information content (AvgIpc) is 2.37. The highest BCUT2D eigenvalue weighted by atomic mass is 32.2. The van der Waals surface area contributed by atoms with Gasteiger partial charge in [-0.15, -0.1) is 11.8 Å². The van der Waals surface area contributed by atoms with E-state index < -0.39 is 0 Å². The van der Waals surface area contributed by atoms with Crippen LogP contribution in [0.1, 0.15) is 16.8 Å². The number of aromatic nitrogens is 1. The third-order valence-corrected chi connectivity index (χ3v) is 3.55. The van der Waals surface area contributed by atoms with Crippen LogP contribution in [0.5, 0.6) is 0 Å². The highest BCUT2D eigenvalue weighted by Crippen LogP contribution is 2.23. The Morgan fingerprint density at radius 2 is 2.12 bits per heavy atom. The summed E-state index contributed by atoms with van der Waals surface area (Å²) in [4.78, 5) is 5.49. The van der Waals surface area contributed by atoms with Crippen molar-refractivity contribution in [2.45, 2.75) is 24.1 Å². The van der Waals surface area contributed by atoms with Gasteiger partial charge in [-0.3, -0.25) is 4.98 Å². The van der Waals surface area contributed by atoms with E-state index in [0.717, 1.165) is 11.4 Å². The molecule has 17 heavy (non-hydrogen) atoms. The van der Waals surface area contributed by atoms with Gasteiger partial charge in [0.2, 0.25) is 0 Å². The smallest absolute Gasteiger partial charge is 0.0542 e. The van der Waals surface area contributed by atoms with Crippen LogP contribution in [0, 0.1) is 6.92 Å². The van der Waals surface area contributed by atoms with Crippen molar-refractivity contribution in [3.63, 3.8) is 0 Å². The van der Waals surface area contributed by atoms with Crippen LogP contribution in [0.4, 0.5) is 0 Å². The highest BCUT2D eigenvalue weighted by Gasteiger charge is 1.98. The summed E-state index contributed by atoms with van der Waals surface area (Å²) in [7, 11) is 0. The zero-order valence-electron chi connectivity index (χ0n) is 9.89. The Kier molecular flexibility index (Phi) is 4.18. The predicted molar refractivity (Wildman–Crippen MR) is 72.9 cm³/mol. The molecule has 0 atom stereocenters. The van der Waals surface area contributed by atoms with Crippen LogP contribution in [0.25, 0.3) is 0 Å². The first kappa shape index (κ1) is 12.1. The van der Waals surface area contributed by atoms with Gasteiger partial charge in [-0.05, 0) is 36.8 Å². The molecule has 1 aromatic heterocycles. The van der Waals surface area contributed by atoms with Gasteiger partial charge in [0.25, 0.3) is 0 Å². The van der Waals surface area contributed by atoms with Gasteiger partial charge in [0.05, 0.1) is 5.69 Å². The number of nitrogens with two attached hydrogens (primary N) is 1. The molecule has 0 aliphatic heterocycles. The lowest BCUT2D eigenvalue weighted by Gasteiger charge is -2.04. The Morgan fingerprint density at radius 3 is 2.88 bits per heavy atom. The van der Waals surface area contributed by atoms with E-state index in [-0.39, 0.29) is 0 Å². The van der Waals surface area contributed by atoms with Crippen molar-refractivity contribution in [2.75, 3.05) is 0 Å². The van der Waals surface area contributed by atoms with Crippen LogP contribution in [0.2, 0.25) is 0 Å². The number of benzene rings is 1. The van der Waals surface area contributed by atoms with Crippen LogP contribution < -0.4 is 5.73 Å². The molecular formula is C14H16N2S. The minimum Gasteiger partial charge on any atom is -0.325 e. The van der Waals surface area contributed by atoms with Crippen LogP contribution in [0.3, 0.4) is 0 Å². The second-order valence-electron chi connectivity index (χ2n) is 3.96. The maximum Gasteiger partial charge on any atom is 0.0542 e. The van der Waals surface area contributed by atoms with Crippen LogP contribution >= 0.6 is 11.8 Å². The second-order valence-corrected chi connectivity index (χ2v) is 5.01. The molecule has 1 heterocycles. The minimum absolute atomic E-state index is 0.503. The number of aryl methyl sites for hydroxylation is 1. The van der Waals surface area contributed by atoms with Gasteiger partial charge in [-0.25, -0.2) is 0 Å². The Morgan fingerprint density at radius 1 is 1.24 bits per heavy atom. The third kappa shape index (κ3) is 3.58. The van der Waals surface area contributed by atoms with Crippen LogP contribution in [0.15, 0.2) is 47.5 Å². The Hall–Kier alpha value is -1.32. The molecule has 0 fully saturated rings. The van der Waals surface area contributed by atoms with Crippen molar-refractivity contribution < 1.29 is 0 Å². The normalized spacial score (nSPS) is 10.5. The Balaban J connectivity index is 2.02. The molecular weight excluding hydrogens is 228 g/mol. The third-order valence-electron chi connectivity index (χ3n) is 2.49. The lowest BCUT2D eigenvalue weighted by atomic mass is 10.2. The standard InChI is InChI=1S/C14H16N2S/c1-11-3-2-4-14(7-11)17-10-12-5-6-16-13(8-12)9-15/h2-8H,9-10,15H2,1H3. The van der Waals surface area contributed by atoms with Crippen molar-refractivity contribution in [1.29, 1.82) is 0 Å². The summed E-state index contributed by atoms with van der Waals surface area (Å²) in [5.41, 5.74) is 9.10. The molecule has 1 aromatic carbocycles. The quantitative estimate of drug-likeness (QED) is 0.840. The lowest BCUT2D eigenvalue weighted by molar-refractivity contribution is 0.983. The first-order valence-corrected chi connectivity index (χ1v) is 6.60. The highest BCUT2D eigenvalue weighted by molar-refractivity contribution is 7.98. The molecule has 0 spiro atoms. The van der Waals surface area contributed by atoms with Crippen LogP contribution in [-0.4, -0.2) is 4.98 Å². The second kappa shape index (κ2) is 5.84. The fourth-order valence-electron chi connectivity index (χ4n) is 1.60. The first-order valence-electron chi connectivity index (χ1n) is 5.61. The van der Waals surface area contributed by atoms with E-state index in [2.05, 4.69) is 42.2 Å². The van der Waals surface area contributed by atoms with Crippen molar-refractivity contribution in [1.82, 2.24) is 4.98 Å². The molecule has 0 saturated carbocycles. The fraction of sp³-hybridized carbons (Fsp3) is 0.214. The van der Waals surface area contributed by atoms with E-state index in [1.165, 1.54) is 16.0 Å². The van der Waals surface area contributed by atoms with Crippen molar-refractivity contribution in [3.8, 4) is 0 Å². The van der Waals surface area contributed by atoms with E-state index in [0.29, 0.717) is 6.54 Å². The zero-order valence-corrected chi connectivity index (χ0v) is 10.7. The van der Waals surface area contributed by atoms with Gasteiger partial charge in [0, 0.05) is 23.4 Å². The molecule has 0 radical (unpaired) electrons. The maximum atomic E-state index is 5.58. The van der Waals surface area contributed by atoms with Crippen molar-refractivity contribution in [3.05, 3.63) is 59.4 Å². The number of rotatable bonds is 4. The molecule has 3 heteroatoms. The molecule has 0 amide bonds. The molecule has 0 saturated heterocycles. The summed E-state index contributed by atoms with van der Waals surface area (Å²) in [6, 6.07) is 12.7. The monoisotopic (exact) mass is 244 g/mol. The van der Waals surface area contributed by atoms with E-state index in [4.69, 9.17) is 5.73 Å². The largest absolute Gasteiger partial charge is 0.325 e. The number of hydrogen-bond donors (Lipinski definition) is 1. The van der Waals surface area contributed by atoms with Crippen molar-refractivity contribution >= 4 is 11.8 Å². The number of nitrogens with zero attached hydrogens (tertiary/aromatic N) is 1. The van der Waals surface area contributed by atoms with Gasteiger partial charge < -0.3 is 5.73 Å². The predicted octanol–water partition coefficient (Wildman–Crippen LogP) is 3.14. The SMILES string of the molecule is Cc1cccc(SCc2ccnc(CN)c2)c1. The molecule has 2 rings (SSSR count). The maximum absolute atomic E-state index is 5.58. The van der Waals surface area contributed by atoms with E-state index >= 15 is 0 Å². The zero-order chi connectivity index (χ0) is 12.1. The topological polar surface area (TPSA) is 38.9 Å². The van der Waals surface area contributed by atoms with Gasteiger partial charge >= 0.3 is 0 Å². The van der Waals surface area contributed by atoms with E-state index in [1.54, 1.807) is 0 Å². The van der Waals surface area contributed by atoms with E-state index in [1.807, 2.05) is 24.0 Å². The molecule has 0 aliphatic rings. The summed E-state index contributed by atoms with van der Waals surface area (Å²) in [6.45, 7) is 2.62. The average molecular weight is 244 g/mol. The van der Waals surface area contributed by atoms with Gasteiger partial charge in [-0.2, -0.15) is 0 Å². The minimum atomic E-state index is 0.503. The summed E-state index contributed by atoms with van der Waals surface area (Å²) in [5, 5.41) is 0. The molecule has 0 unspecified atom stereocenters. The Bertz CT molecular complexity index is 497. The van der Waals surface area contributed by atoms with Crippen LogP contribution in [-0.2, 0) is 12.3 Å². The summed E-state index contributed by atoms with van der Waals surface area (Å²) >= 11 is 1.84. The van der Waals surface area contributed by atoms with Crippen molar-refractivity contribution in [2.24, 2.45) is 5.73 Å². The molecule has 2 N–H and O–H groups in total. The summed E-state index contributed by atoms with van der Waals surface area (Å²) in [6.07, 6.45) is 1.83. The molecule has 0 bridgehead atoms. The van der Waals surface area contributed by atoms with Gasteiger partial charge in [0.1, 0.15) is 0 Å². The summed E-state index contributed by atoms with van der Waals surface area (Å²) in [5.74, 6) is 0.957. The number of pyridine rings is 1. The fourth-order valence-corrected chi connectivity index (χ4v) is 2.56. The number of hydrogen-bond acceptors (Lipinski definition) is 3. The molecule has 0 aliphatic carbocycles.